The smallest absolute Gasteiger partial charge is 0.330 e. The summed E-state index contributed by atoms with van der Waals surface area (Å²) in [6.07, 6.45) is 0.838. The predicted molar refractivity (Wildman–Crippen MR) is 57.3 cm³/mol. The Hall–Kier alpha value is -0.870. The lowest BCUT2D eigenvalue weighted by Gasteiger charge is -2.37. The number of hydrogen-bond donors (Lipinski definition) is 1. The molecular formula is C11H19NO3. The van der Waals surface area contributed by atoms with Crippen molar-refractivity contribution in [3.05, 3.63) is 12.7 Å². The average Bonchev–Trinajstić information content (AvgIpc) is 2.67. The number of ether oxygens (including phenoxy) is 2. The third-order valence-corrected chi connectivity index (χ3v) is 2.77. The molecule has 86 valence electrons. The quantitative estimate of drug-likeness (QED) is 0.560. The fraction of sp³-hybridized carbons (Fsp3) is 0.727. The van der Waals surface area contributed by atoms with Gasteiger partial charge in [0.1, 0.15) is 6.10 Å². The SMILES string of the molecule is C=CC(=O)OC(C)C1(C(C)C)NCCO1. The maximum absolute atomic E-state index is 11.1. The van der Waals surface area contributed by atoms with Gasteiger partial charge in [0.25, 0.3) is 0 Å². The summed E-state index contributed by atoms with van der Waals surface area (Å²) in [7, 11) is 0. The Morgan fingerprint density at radius 2 is 2.27 bits per heavy atom. The Balaban J connectivity index is 2.71. The monoisotopic (exact) mass is 213 g/mol. The van der Waals surface area contributed by atoms with Crippen LogP contribution in [0.15, 0.2) is 12.7 Å². The van der Waals surface area contributed by atoms with Gasteiger partial charge in [-0.05, 0) is 12.8 Å². The van der Waals surface area contributed by atoms with Crippen LogP contribution in [0.4, 0.5) is 0 Å². The van der Waals surface area contributed by atoms with Gasteiger partial charge in [0, 0.05) is 12.6 Å². The van der Waals surface area contributed by atoms with Crippen molar-refractivity contribution in [2.24, 2.45) is 5.92 Å². The van der Waals surface area contributed by atoms with Crippen molar-refractivity contribution in [1.29, 1.82) is 0 Å². The van der Waals surface area contributed by atoms with Gasteiger partial charge in [-0.1, -0.05) is 20.4 Å². The summed E-state index contributed by atoms with van der Waals surface area (Å²) in [5, 5.41) is 3.27. The molecule has 1 aliphatic heterocycles. The molecule has 1 heterocycles. The molecule has 2 unspecified atom stereocenters. The molecule has 0 spiro atoms. The molecule has 0 aromatic rings. The van der Waals surface area contributed by atoms with Crippen LogP contribution in [-0.4, -0.2) is 30.9 Å². The van der Waals surface area contributed by atoms with Crippen LogP contribution >= 0.6 is 0 Å². The minimum atomic E-state index is -0.557. The van der Waals surface area contributed by atoms with E-state index in [2.05, 4.69) is 11.9 Å². The molecule has 0 amide bonds. The molecule has 1 fully saturated rings. The number of nitrogens with one attached hydrogen (secondary N) is 1. The lowest BCUT2D eigenvalue weighted by atomic mass is 9.94. The largest absolute Gasteiger partial charge is 0.455 e. The second kappa shape index (κ2) is 4.77. The van der Waals surface area contributed by atoms with Crippen molar-refractivity contribution in [1.82, 2.24) is 5.32 Å². The van der Waals surface area contributed by atoms with Crippen molar-refractivity contribution in [2.75, 3.05) is 13.2 Å². The summed E-state index contributed by atoms with van der Waals surface area (Å²) in [5.41, 5.74) is -0.557. The molecule has 4 heteroatoms. The van der Waals surface area contributed by atoms with E-state index in [1.165, 1.54) is 6.08 Å². The fourth-order valence-electron chi connectivity index (χ4n) is 1.93. The first-order chi connectivity index (χ1) is 7.03. The van der Waals surface area contributed by atoms with E-state index in [0.29, 0.717) is 6.61 Å². The van der Waals surface area contributed by atoms with Crippen molar-refractivity contribution >= 4 is 5.97 Å². The number of carbonyl (C=O) groups excluding carboxylic acids is 1. The van der Waals surface area contributed by atoms with Crippen LogP contribution < -0.4 is 5.32 Å². The molecule has 0 aliphatic carbocycles. The summed E-state index contributed by atoms with van der Waals surface area (Å²) < 4.78 is 10.9. The van der Waals surface area contributed by atoms with E-state index in [9.17, 15) is 4.79 Å². The average molecular weight is 213 g/mol. The van der Waals surface area contributed by atoms with Crippen LogP contribution in [0.25, 0.3) is 0 Å². The van der Waals surface area contributed by atoms with Crippen LogP contribution in [0, 0.1) is 5.92 Å². The van der Waals surface area contributed by atoms with Gasteiger partial charge in [0.05, 0.1) is 6.61 Å². The van der Waals surface area contributed by atoms with Gasteiger partial charge in [0.15, 0.2) is 5.72 Å². The second-order valence-electron chi connectivity index (χ2n) is 4.01. The highest BCUT2D eigenvalue weighted by atomic mass is 16.6. The summed E-state index contributed by atoms with van der Waals surface area (Å²) >= 11 is 0. The first kappa shape index (κ1) is 12.2. The van der Waals surface area contributed by atoms with E-state index in [1.807, 2.05) is 20.8 Å². The zero-order valence-electron chi connectivity index (χ0n) is 9.58. The first-order valence-corrected chi connectivity index (χ1v) is 5.25. The molecule has 1 aliphatic rings. The van der Waals surface area contributed by atoms with E-state index in [0.717, 1.165) is 6.54 Å². The second-order valence-corrected chi connectivity index (χ2v) is 4.01. The molecule has 1 saturated heterocycles. The van der Waals surface area contributed by atoms with Crippen LogP contribution in [0.5, 0.6) is 0 Å². The van der Waals surface area contributed by atoms with Gasteiger partial charge in [-0.25, -0.2) is 4.79 Å². The molecule has 15 heavy (non-hydrogen) atoms. The van der Waals surface area contributed by atoms with Crippen molar-refractivity contribution < 1.29 is 14.3 Å². The molecule has 1 N–H and O–H groups in total. The van der Waals surface area contributed by atoms with E-state index in [-0.39, 0.29) is 12.0 Å². The Bertz CT molecular complexity index is 244. The Morgan fingerprint density at radius 1 is 1.60 bits per heavy atom. The van der Waals surface area contributed by atoms with Gasteiger partial charge >= 0.3 is 5.97 Å². The number of rotatable bonds is 4. The summed E-state index contributed by atoms with van der Waals surface area (Å²) in [5.74, 6) is -0.188. The Morgan fingerprint density at radius 3 is 2.67 bits per heavy atom. The third kappa shape index (κ3) is 2.38. The van der Waals surface area contributed by atoms with E-state index < -0.39 is 11.7 Å². The molecule has 0 bridgehead atoms. The van der Waals surface area contributed by atoms with Gasteiger partial charge < -0.3 is 9.47 Å². The van der Waals surface area contributed by atoms with Gasteiger partial charge in [-0.3, -0.25) is 5.32 Å². The van der Waals surface area contributed by atoms with Gasteiger partial charge in [0.2, 0.25) is 0 Å². The summed E-state index contributed by atoms with van der Waals surface area (Å²) in [6.45, 7) is 10.7. The summed E-state index contributed by atoms with van der Waals surface area (Å²) in [6, 6.07) is 0. The predicted octanol–water partition coefficient (Wildman–Crippen LogP) is 1.08. The molecule has 1 rings (SSSR count). The zero-order chi connectivity index (χ0) is 11.5. The fourth-order valence-corrected chi connectivity index (χ4v) is 1.93. The number of carbonyl (C=O) groups is 1. The topological polar surface area (TPSA) is 47.6 Å². The standard InChI is InChI=1S/C11H19NO3/c1-5-10(13)15-9(4)11(8(2)3)12-6-7-14-11/h5,8-9,12H,1,6-7H2,2-4H3. The van der Waals surface area contributed by atoms with Gasteiger partial charge in [-0.15, -0.1) is 0 Å². The normalized spacial score (nSPS) is 27.7. The summed E-state index contributed by atoms with van der Waals surface area (Å²) in [4.78, 5) is 11.1. The Labute approximate surface area is 90.6 Å². The van der Waals surface area contributed by atoms with Crippen molar-refractivity contribution in [2.45, 2.75) is 32.6 Å². The van der Waals surface area contributed by atoms with Crippen molar-refractivity contribution in [3.63, 3.8) is 0 Å². The van der Waals surface area contributed by atoms with Crippen LogP contribution in [0.1, 0.15) is 20.8 Å². The highest BCUT2D eigenvalue weighted by Gasteiger charge is 2.45. The third-order valence-electron chi connectivity index (χ3n) is 2.77. The maximum Gasteiger partial charge on any atom is 0.330 e. The van der Waals surface area contributed by atoms with E-state index in [1.54, 1.807) is 0 Å². The number of esters is 1. The molecule has 0 aromatic carbocycles. The lowest BCUT2D eigenvalue weighted by Crippen LogP contribution is -2.56. The first-order valence-electron chi connectivity index (χ1n) is 5.25. The van der Waals surface area contributed by atoms with Crippen molar-refractivity contribution in [3.8, 4) is 0 Å². The molecule has 0 aromatic heterocycles. The Kier molecular flexibility index (Phi) is 3.88. The van der Waals surface area contributed by atoms with Crippen LogP contribution in [-0.2, 0) is 14.3 Å². The number of hydrogen-bond acceptors (Lipinski definition) is 4. The zero-order valence-corrected chi connectivity index (χ0v) is 9.58. The molecule has 2 atom stereocenters. The van der Waals surface area contributed by atoms with E-state index >= 15 is 0 Å². The molecule has 0 radical (unpaired) electrons. The van der Waals surface area contributed by atoms with Crippen LogP contribution in [0.3, 0.4) is 0 Å². The molecular weight excluding hydrogens is 194 g/mol. The molecule has 0 saturated carbocycles. The minimum Gasteiger partial charge on any atom is -0.455 e. The highest BCUT2D eigenvalue weighted by Crippen LogP contribution is 2.28. The van der Waals surface area contributed by atoms with Crippen LogP contribution in [0.2, 0.25) is 0 Å². The minimum absolute atomic E-state index is 0.229. The molecule has 4 nitrogen and oxygen atoms in total. The maximum atomic E-state index is 11.1. The van der Waals surface area contributed by atoms with Gasteiger partial charge in [-0.2, -0.15) is 0 Å². The highest BCUT2D eigenvalue weighted by molar-refractivity contribution is 5.81. The lowest BCUT2D eigenvalue weighted by molar-refractivity contribution is -0.170. The van der Waals surface area contributed by atoms with E-state index in [4.69, 9.17) is 9.47 Å².